The van der Waals surface area contributed by atoms with Crippen LogP contribution < -0.4 is 10.4 Å². The number of rotatable bonds is 7. The number of aryl methyl sites for hydroxylation is 1. The van der Waals surface area contributed by atoms with Gasteiger partial charge in [0, 0.05) is 8.07 Å². The van der Waals surface area contributed by atoms with Gasteiger partial charge in [0.25, 0.3) is 0 Å². The first kappa shape index (κ1) is 25.9. The SMILES string of the molecule is C=CCCc1c[c-]([Si](CC)(CC)[c-]2c(C)c(C)c(C)c2C)c2ccccc12.[Cl][Zr+2][Cl]. The molecule has 0 fully saturated rings. The van der Waals surface area contributed by atoms with Gasteiger partial charge >= 0.3 is 37.9 Å². The molecular weight excluding hydrogens is 503 g/mol. The summed E-state index contributed by atoms with van der Waals surface area (Å²) >= 11 is -0.826. The molecule has 0 aliphatic heterocycles. The quantitative estimate of drug-likeness (QED) is 0.166. The average molecular weight is 537 g/mol. The van der Waals surface area contributed by atoms with Crippen molar-refractivity contribution in [1.29, 1.82) is 0 Å². The molecule has 0 atom stereocenters. The molecule has 0 nitrogen and oxygen atoms in total. The predicted molar refractivity (Wildman–Crippen MR) is 137 cm³/mol. The zero-order valence-electron chi connectivity index (χ0n) is 19.3. The Balaban J connectivity index is 0.00000101. The van der Waals surface area contributed by atoms with E-state index in [1.807, 2.05) is 6.08 Å². The fraction of sp³-hybridized carbons (Fsp3) is 0.385. The molecule has 4 heteroatoms. The number of allylic oxidation sites excluding steroid dienone is 1. The number of hydrogen-bond acceptors (Lipinski definition) is 0. The molecule has 30 heavy (non-hydrogen) atoms. The summed E-state index contributed by atoms with van der Waals surface area (Å²) in [6, 6.07) is 14.2. The molecule has 0 radical (unpaired) electrons. The molecule has 0 aliphatic carbocycles. The third-order valence-corrected chi connectivity index (χ3v) is 12.7. The molecule has 0 N–H and O–H groups in total. The first-order valence-electron chi connectivity index (χ1n) is 10.8. The third-order valence-electron chi connectivity index (χ3n) is 7.14. The first-order valence-corrected chi connectivity index (χ1v) is 19.6. The Kier molecular flexibility index (Phi) is 9.88. The van der Waals surface area contributed by atoms with Gasteiger partial charge in [0.2, 0.25) is 0 Å². The van der Waals surface area contributed by atoms with Gasteiger partial charge in [-0.15, -0.1) is 46.8 Å². The van der Waals surface area contributed by atoms with Gasteiger partial charge in [-0.05, 0) is 6.42 Å². The van der Waals surface area contributed by atoms with Crippen LogP contribution >= 0.6 is 17.0 Å². The predicted octanol–water partition coefficient (Wildman–Crippen LogP) is 7.61. The molecule has 3 rings (SSSR count). The van der Waals surface area contributed by atoms with Gasteiger partial charge in [-0.25, -0.2) is 0 Å². The minimum atomic E-state index is -1.80. The molecule has 160 valence electrons. The van der Waals surface area contributed by atoms with Crippen molar-refractivity contribution in [3.63, 3.8) is 0 Å². The summed E-state index contributed by atoms with van der Waals surface area (Å²) in [4.78, 5) is 0. The van der Waals surface area contributed by atoms with Crippen molar-refractivity contribution in [3.05, 3.63) is 70.8 Å². The Bertz CT molecular complexity index is 967. The van der Waals surface area contributed by atoms with Gasteiger partial charge in [0.05, 0.1) is 0 Å². The van der Waals surface area contributed by atoms with Gasteiger partial charge < -0.3 is 0 Å². The van der Waals surface area contributed by atoms with E-state index >= 15 is 0 Å². The molecular formula is C26H34Cl2SiZr. The standard InChI is InChI=1S/C26H34Si.2ClH.Zr/c1-8-11-14-22-17-25(24-16-13-12-15-23(22)24)27(9-2,10-3)26-20(6)18(4)19(5)21(26)7;;;/h8,12-13,15-17H,1,9-11,14H2,2-7H3;2*1H;/q-2;;;+4/p-2. The van der Waals surface area contributed by atoms with E-state index in [9.17, 15) is 0 Å². The molecule has 0 saturated carbocycles. The summed E-state index contributed by atoms with van der Waals surface area (Å²) in [6.45, 7) is 18.1. The second-order valence-corrected chi connectivity index (χ2v) is 16.5. The van der Waals surface area contributed by atoms with Crippen molar-refractivity contribution in [3.8, 4) is 0 Å². The Morgan fingerprint density at radius 1 is 1.00 bits per heavy atom. The Morgan fingerprint density at radius 2 is 1.53 bits per heavy atom. The van der Waals surface area contributed by atoms with Crippen LogP contribution in [-0.2, 0) is 27.3 Å². The maximum absolute atomic E-state index is 4.93. The van der Waals surface area contributed by atoms with Crippen LogP contribution in [0.3, 0.4) is 0 Å². The fourth-order valence-electron chi connectivity index (χ4n) is 5.24. The van der Waals surface area contributed by atoms with E-state index in [0.717, 1.165) is 12.8 Å². The van der Waals surface area contributed by atoms with Crippen molar-refractivity contribution >= 4 is 46.2 Å². The summed E-state index contributed by atoms with van der Waals surface area (Å²) < 4.78 is 0. The summed E-state index contributed by atoms with van der Waals surface area (Å²) in [5, 5.41) is 6.34. The monoisotopic (exact) mass is 534 g/mol. The van der Waals surface area contributed by atoms with E-state index in [4.69, 9.17) is 17.0 Å². The van der Waals surface area contributed by atoms with Gasteiger partial charge in [0.15, 0.2) is 0 Å². The van der Waals surface area contributed by atoms with Crippen LogP contribution in [0.2, 0.25) is 12.1 Å². The topological polar surface area (TPSA) is 0 Å². The number of halogens is 2. The van der Waals surface area contributed by atoms with E-state index < -0.39 is 28.9 Å². The van der Waals surface area contributed by atoms with Crippen LogP contribution in [0.5, 0.6) is 0 Å². The second kappa shape index (κ2) is 11.5. The average Bonchev–Trinajstić information content (AvgIpc) is 3.22. The first-order chi connectivity index (χ1) is 14.3. The maximum atomic E-state index is 4.93. The zero-order valence-corrected chi connectivity index (χ0v) is 24.2. The van der Waals surface area contributed by atoms with Crippen molar-refractivity contribution in [2.45, 2.75) is 66.5 Å². The van der Waals surface area contributed by atoms with Gasteiger partial charge in [-0.2, -0.15) is 33.0 Å². The van der Waals surface area contributed by atoms with E-state index in [0.29, 0.717) is 0 Å². The summed E-state index contributed by atoms with van der Waals surface area (Å²) in [5.41, 5.74) is 7.62. The molecule has 3 aromatic rings. The van der Waals surface area contributed by atoms with E-state index in [1.165, 1.54) is 39.6 Å². The van der Waals surface area contributed by atoms with Crippen LogP contribution in [0, 0.1) is 27.7 Å². The van der Waals surface area contributed by atoms with Crippen molar-refractivity contribution in [2.75, 3.05) is 0 Å². The van der Waals surface area contributed by atoms with Crippen LogP contribution in [0.25, 0.3) is 10.8 Å². The summed E-state index contributed by atoms with van der Waals surface area (Å²) in [5.74, 6) is 0. The Morgan fingerprint density at radius 3 is 2.03 bits per heavy atom. The van der Waals surface area contributed by atoms with Crippen LogP contribution in [0.1, 0.15) is 48.1 Å². The normalized spacial score (nSPS) is 11.2. The molecule has 0 aromatic heterocycles. The van der Waals surface area contributed by atoms with Crippen molar-refractivity contribution in [1.82, 2.24) is 0 Å². The fourth-order valence-corrected chi connectivity index (χ4v) is 10.5. The van der Waals surface area contributed by atoms with E-state index in [-0.39, 0.29) is 0 Å². The molecule has 0 saturated heterocycles. The van der Waals surface area contributed by atoms with E-state index in [1.54, 1.807) is 21.5 Å². The van der Waals surface area contributed by atoms with Gasteiger partial charge in [0.1, 0.15) is 0 Å². The van der Waals surface area contributed by atoms with Crippen molar-refractivity contribution < 1.29 is 20.8 Å². The minimum absolute atomic E-state index is 0.826. The van der Waals surface area contributed by atoms with Gasteiger partial charge in [-0.1, -0.05) is 72.2 Å². The summed E-state index contributed by atoms with van der Waals surface area (Å²) in [6.07, 6.45) is 4.19. The summed E-state index contributed by atoms with van der Waals surface area (Å²) in [7, 11) is 8.06. The molecule has 0 bridgehead atoms. The van der Waals surface area contributed by atoms with Crippen molar-refractivity contribution in [2.24, 2.45) is 0 Å². The van der Waals surface area contributed by atoms with E-state index in [2.05, 4.69) is 78.5 Å². The Hall–Kier alpha value is -0.400. The molecule has 0 spiro atoms. The number of fused-ring (bicyclic) bond motifs is 1. The molecule has 0 aliphatic rings. The van der Waals surface area contributed by atoms with Crippen LogP contribution in [-0.4, -0.2) is 8.07 Å². The third kappa shape index (κ3) is 4.68. The molecule has 0 heterocycles. The van der Waals surface area contributed by atoms with Gasteiger partial charge in [-0.3, -0.25) is 0 Å². The molecule has 3 aromatic carbocycles. The molecule has 0 amide bonds. The number of benzene rings is 1. The second-order valence-electron chi connectivity index (χ2n) is 8.19. The zero-order chi connectivity index (χ0) is 22.5. The van der Waals surface area contributed by atoms with Crippen LogP contribution in [0.4, 0.5) is 0 Å². The molecule has 0 unspecified atom stereocenters. The van der Waals surface area contributed by atoms with Crippen LogP contribution in [0.15, 0.2) is 43.0 Å². The number of hydrogen-bond donors (Lipinski definition) is 0. The Labute approximate surface area is 203 Å².